The van der Waals surface area contributed by atoms with Crippen molar-refractivity contribution < 1.29 is 23.5 Å². The Morgan fingerprint density at radius 2 is 1.65 bits per heavy atom. The fraction of sp³-hybridized carbons (Fsp3) is 0.423. The van der Waals surface area contributed by atoms with Gasteiger partial charge in [-0.3, -0.25) is 19.3 Å². The molecule has 2 aromatic rings. The molecule has 180 valence electrons. The van der Waals surface area contributed by atoms with E-state index in [1.54, 1.807) is 34.1 Å². The van der Waals surface area contributed by atoms with Crippen molar-refractivity contribution in [3.63, 3.8) is 0 Å². The summed E-state index contributed by atoms with van der Waals surface area (Å²) in [5, 5.41) is 2.97. The normalized spacial score (nSPS) is 20.3. The van der Waals surface area contributed by atoms with Crippen LogP contribution in [0.5, 0.6) is 0 Å². The SMILES string of the molecule is CC[C@@H](C)NC(=O)[C@@H]1COC2(CCN(C(=O)c3ccc(F)cc3)CC2)N1C(=O)c1ccccc1. The molecule has 2 saturated heterocycles. The van der Waals surface area contributed by atoms with Crippen LogP contribution in [0, 0.1) is 5.82 Å². The van der Waals surface area contributed by atoms with Gasteiger partial charge in [0.1, 0.15) is 17.6 Å². The van der Waals surface area contributed by atoms with E-state index in [0.29, 0.717) is 37.1 Å². The molecule has 2 atom stereocenters. The van der Waals surface area contributed by atoms with E-state index in [1.807, 2.05) is 19.9 Å². The summed E-state index contributed by atoms with van der Waals surface area (Å²) in [6.45, 7) is 4.72. The van der Waals surface area contributed by atoms with Gasteiger partial charge < -0.3 is 15.0 Å². The number of carbonyl (C=O) groups is 3. The van der Waals surface area contributed by atoms with Crippen LogP contribution in [0.15, 0.2) is 54.6 Å². The highest BCUT2D eigenvalue weighted by molar-refractivity contribution is 5.98. The first kappa shape index (κ1) is 23.9. The molecule has 1 spiro atoms. The molecule has 0 bridgehead atoms. The van der Waals surface area contributed by atoms with Crippen molar-refractivity contribution in [3.05, 3.63) is 71.5 Å². The molecule has 0 radical (unpaired) electrons. The van der Waals surface area contributed by atoms with E-state index in [4.69, 9.17) is 4.74 Å². The van der Waals surface area contributed by atoms with Crippen molar-refractivity contribution in [2.24, 2.45) is 0 Å². The molecule has 0 aromatic heterocycles. The quantitative estimate of drug-likeness (QED) is 0.733. The van der Waals surface area contributed by atoms with Crippen LogP contribution in [-0.4, -0.2) is 65.0 Å². The summed E-state index contributed by atoms with van der Waals surface area (Å²) in [5.41, 5.74) is -0.0736. The van der Waals surface area contributed by atoms with E-state index in [-0.39, 0.29) is 30.4 Å². The smallest absolute Gasteiger partial charge is 0.256 e. The van der Waals surface area contributed by atoms with Gasteiger partial charge in [-0.1, -0.05) is 25.1 Å². The van der Waals surface area contributed by atoms with Crippen molar-refractivity contribution in [2.75, 3.05) is 19.7 Å². The van der Waals surface area contributed by atoms with Gasteiger partial charge in [-0.2, -0.15) is 0 Å². The molecule has 34 heavy (non-hydrogen) atoms. The maximum absolute atomic E-state index is 13.6. The third-order valence-electron chi connectivity index (χ3n) is 6.73. The van der Waals surface area contributed by atoms with Crippen LogP contribution in [0.1, 0.15) is 53.8 Å². The number of nitrogens with zero attached hydrogens (tertiary/aromatic N) is 2. The van der Waals surface area contributed by atoms with E-state index < -0.39 is 17.6 Å². The van der Waals surface area contributed by atoms with Gasteiger partial charge >= 0.3 is 0 Å². The molecule has 0 aliphatic carbocycles. The Hall–Kier alpha value is -3.26. The van der Waals surface area contributed by atoms with Crippen molar-refractivity contribution >= 4 is 17.7 Å². The molecule has 7 nitrogen and oxygen atoms in total. The van der Waals surface area contributed by atoms with Gasteiger partial charge in [0.05, 0.1) is 6.61 Å². The average molecular weight is 468 g/mol. The van der Waals surface area contributed by atoms with Crippen molar-refractivity contribution in [1.29, 1.82) is 0 Å². The molecule has 2 fully saturated rings. The maximum Gasteiger partial charge on any atom is 0.256 e. The van der Waals surface area contributed by atoms with Crippen molar-refractivity contribution in [1.82, 2.24) is 15.1 Å². The number of ether oxygens (including phenoxy) is 1. The Labute approximate surface area is 198 Å². The largest absolute Gasteiger partial charge is 0.353 e. The molecular weight excluding hydrogens is 437 g/mol. The standard InChI is InChI=1S/C26H30FN3O4/c1-3-18(2)28-23(31)22-17-34-26(30(22)25(33)19-7-5-4-6-8-19)13-15-29(16-14-26)24(32)20-9-11-21(27)12-10-20/h4-12,18,22H,3,13-17H2,1-2H3,(H,28,31)/t18-,22+/m1/s1. The minimum absolute atomic E-state index is 0.0205. The van der Waals surface area contributed by atoms with Crippen molar-refractivity contribution in [3.8, 4) is 0 Å². The number of carbonyl (C=O) groups excluding carboxylic acids is 3. The molecule has 0 saturated carbocycles. The Balaban J connectivity index is 1.56. The molecule has 2 aliphatic heterocycles. The predicted molar refractivity (Wildman–Crippen MR) is 125 cm³/mol. The molecule has 4 rings (SSSR count). The second kappa shape index (κ2) is 9.93. The van der Waals surface area contributed by atoms with Crippen LogP contribution in [0.3, 0.4) is 0 Å². The summed E-state index contributed by atoms with van der Waals surface area (Å²) >= 11 is 0. The first-order chi connectivity index (χ1) is 16.3. The molecule has 0 unspecified atom stereocenters. The van der Waals surface area contributed by atoms with Gasteiger partial charge in [0.15, 0.2) is 0 Å². The topological polar surface area (TPSA) is 79.0 Å². The summed E-state index contributed by atoms with van der Waals surface area (Å²) < 4.78 is 19.4. The van der Waals surface area contributed by atoms with Gasteiger partial charge in [-0.15, -0.1) is 0 Å². The van der Waals surface area contributed by atoms with E-state index >= 15 is 0 Å². The van der Waals surface area contributed by atoms with Crippen LogP contribution >= 0.6 is 0 Å². The van der Waals surface area contributed by atoms with E-state index in [9.17, 15) is 18.8 Å². The van der Waals surface area contributed by atoms with Gasteiger partial charge in [0.25, 0.3) is 11.8 Å². The first-order valence-electron chi connectivity index (χ1n) is 11.7. The summed E-state index contributed by atoms with van der Waals surface area (Å²) in [4.78, 5) is 42.9. The third-order valence-corrected chi connectivity index (χ3v) is 6.73. The molecule has 2 aromatic carbocycles. The minimum Gasteiger partial charge on any atom is -0.353 e. The van der Waals surface area contributed by atoms with Crippen molar-refractivity contribution in [2.45, 2.75) is 50.9 Å². The van der Waals surface area contributed by atoms with Crippen LogP contribution in [-0.2, 0) is 9.53 Å². The summed E-state index contributed by atoms with van der Waals surface area (Å²) in [6.07, 6.45) is 1.54. The average Bonchev–Trinajstić information content (AvgIpc) is 3.23. The highest BCUT2D eigenvalue weighted by Gasteiger charge is 2.54. The monoisotopic (exact) mass is 467 g/mol. The van der Waals surface area contributed by atoms with Gasteiger partial charge in [-0.25, -0.2) is 4.39 Å². The highest BCUT2D eigenvalue weighted by Crippen LogP contribution is 2.38. The number of hydrogen-bond donors (Lipinski definition) is 1. The number of benzene rings is 2. The van der Waals surface area contributed by atoms with Gasteiger partial charge in [0.2, 0.25) is 5.91 Å². The lowest BCUT2D eigenvalue weighted by Gasteiger charge is -2.44. The summed E-state index contributed by atoms with van der Waals surface area (Å²) in [5.74, 6) is -1.09. The van der Waals surface area contributed by atoms with Crippen LogP contribution in [0.4, 0.5) is 4.39 Å². The fourth-order valence-electron chi connectivity index (χ4n) is 4.56. The summed E-state index contributed by atoms with van der Waals surface area (Å²) in [6, 6.07) is 13.6. The second-order valence-corrected chi connectivity index (χ2v) is 8.93. The zero-order chi connectivity index (χ0) is 24.3. The molecule has 3 amide bonds. The van der Waals surface area contributed by atoms with Gasteiger partial charge in [-0.05, 0) is 49.7 Å². The number of nitrogens with one attached hydrogen (secondary N) is 1. The summed E-state index contributed by atoms with van der Waals surface area (Å²) in [7, 11) is 0. The third kappa shape index (κ3) is 4.68. The first-order valence-corrected chi connectivity index (χ1v) is 11.7. The zero-order valence-electron chi connectivity index (χ0n) is 19.5. The van der Waals surface area contributed by atoms with Crippen LogP contribution in [0.25, 0.3) is 0 Å². The molecule has 8 heteroatoms. The molecule has 2 aliphatic rings. The van der Waals surface area contributed by atoms with Crippen LogP contribution < -0.4 is 5.32 Å². The van der Waals surface area contributed by atoms with E-state index in [1.165, 1.54) is 24.3 Å². The number of piperidine rings is 1. The molecule has 2 heterocycles. The lowest BCUT2D eigenvalue weighted by Crippen LogP contribution is -2.60. The number of hydrogen-bond acceptors (Lipinski definition) is 4. The number of likely N-dealkylation sites (tertiary alicyclic amines) is 1. The van der Waals surface area contributed by atoms with E-state index in [0.717, 1.165) is 6.42 Å². The molecular formula is C26H30FN3O4. The number of rotatable bonds is 5. The van der Waals surface area contributed by atoms with Gasteiger partial charge in [0, 0.05) is 43.1 Å². The maximum atomic E-state index is 13.6. The Kier molecular flexibility index (Phi) is 6.97. The second-order valence-electron chi connectivity index (χ2n) is 8.93. The minimum atomic E-state index is -0.968. The molecule has 1 N–H and O–H groups in total. The zero-order valence-corrected chi connectivity index (χ0v) is 19.5. The lowest BCUT2D eigenvalue weighted by molar-refractivity contribution is -0.128. The predicted octanol–water partition coefficient (Wildman–Crippen LogP) is 3.21. The fourth-order valence-corrected chi connectivity index (χ4v) is 4.56. The highest BCUT2D eigenvalue weighted by atomic mass is 19.1. The Bertz CT molecular complexity index is 1040. The lowest BCUT2D eigenvalue weighted by atomic mass is 9.96. The van der Waals surface area contributed by atoms with E-state index in [2.05, 4.69) is 5.32 Å². The van der Waals surface area contributed by atoms with Crippen LogP contribution in [0.2, 0.25) is 0 Å². The number of amides is 3. The Morgan fingerprint density at radius 3 is 2.26 bits per heavy atom. The Morgan fingerprint density at radius 1 is 1.03 bits per heavy atom. The number of halogens is 1.